The fraction of sp³-hybridized carbons (Fsp3) is 0.333. The van der Waals surface area contributed by atoms with E-state index in [1.807, 2.05) is 18.2 Å². The van der Waals surface area contributed by atoms with E-state index in [0.29, 0.717) is 16.4 Å². The summed E-state index contributed by atoms with van der Waals surface area (Å²) in [4.78, 5) is 0.318. The number of benzene rings is 2. The van der Waals surface area contributed by atoms with Gasteiger partial charge in [-0.15, -0.1) is 0 Å². The standard InChI is InChI=1S/C18H21NO4S/c1-12-6-4-5-7-18(12)24(20,21)19-15-9-8-13-10-16(22-2)17(23-3)11-14(13)15/h4-7,10-11,15,19H,8-9H2,1-3H3. The van der Waals surface area contributed by atoms with Gasteiger partial charge in [0.05, 0.1) is 19.1 Å². The van der Waals surface area contributed by atoms with Crippen molar-refractivity contribution >= 4 is 10.0 Å². The summed E-state index contributed by atoms with van der Waals surface area (Å²) in [5, 5.41) is 0. The first-order valence-corrected chi connectivity index (χ1v) is 9.27. The van der Waals surface area contributed by atoms with Crippen LogP contribution in [-0.4, -0.2) is 22.6 Å². The molecule has 0 fully saturated rings. The van der Waals surface area contributed by atoms with Crippen LogP contribution in [0.5, 0.6) is 11.5 Å². The van der Waals surface area contributed by atoms with Gasteiger partial charge in [-0.25, -0.2) is 13.1 Å². The molecular weight excluding hydrogens is 326 g/mol. The zero-order valence-electron chi connectivity index (χ0n) is 14.0. The van der Waals surface area contributed by atoms with Gasteiger partial charge in [0, 0.05) is 6.04 Å². The van der Waals surface area contributed by atoms with Gasteiger partial charge in [-0.2, -0.15) is 0 Å². The van der Waals surface area contributed by atoms with Crippen molar-refractivity contribution in [1.29, 1.82) is 0 Å². The summed E-state index contributed by atoms with van der Waals surface area (Å²) >= 11 is 0. The summed E-state index contributed by atoms with van der Waals surface area (Å²) in [6.45, 7) is 1.80. The lowest BCUT2D eigenvalue weighted by Crippen LogP contribution is -2.28. The number of fused-ring (bicyclic) bond motifs is 1. The van der Waals surface area contributed by atoms with Gasteiger partial charge in [0.1, 0.15) is 0 Å². The average Bonchev–Trinajstić information content (AvgIpc) is 2.95. The summed E-state index contributed by atoms with van der Waals surface area (Å²) < 4.78 is 39.0. The van der Waals surface area contributed by atoms with E-state index in [0.717, 1.165) is 29.5 Å². The molecular formula is C18H21NO4S. The molecule has 1 aliphatic rings. The molecule has 0 bridgehead atoms. The maximum absolute atomic E-state index is 12.7. The molecule has 5 nitrogen and oxygen atoms in total. The van der Waals surface area contributed by atoms with Gasteiger partial charge in [0.25, 0.3) is 0 Å². The second-order valence-electron chi connectivity index (χ2n) is 5.88. The number of nitrogens with one attached hydrogen (secondary N) is 1. The lowest BCUT2D eigenvalue weighted by molar-refractivity contribution is 0.354. The molecule has 128 valence electrons. The number of aryl methyl sites for hydroxylation is 2. The first-order chi connectivity index (χ1) is 11.5. The van der Waals surface area contributed by atoms with Crippen LogP contribution in [0.4, 0.5) is 0 Å². The Labute approximate surface area is 142 Å². The molecule has 0 aromatic heterocycles. The van der Waals surface area contributed by atoms with E-state index in [2.05, 4.69) is 4.72 Å². The van der Waals surface area contributed by atoms with Gasteiger partial charge in [-0.05, 0) is 54.7 Å². The van der Waals surface area contributed by atoms with Crippen LogP contribution in [0.1, 0.15) is 29.2 Å². The zero-order valence-corrected chi connectivity index (χ0v) is 14.8. The summed E-state index contributed by atoms with van der Waals surface area (Å²) in [5.41, 5.74) is 2.77. The highest BCUT2D eigenvalue weighted by Gasteiger charge is 2.29. The number of hydrogen-bond donors (Lipinski definition) is 1. The largest absolute Gasteiger partial charge is 0.493 e. The van der Waals surface area contributed by atoms with Crippen molar-refractivity contribution < 1.29 is 17.9 Å². The summed E-state index contributed by atoms with van der Waals surface area (Å²) in [6.07, 6.45) is 1.52. The predicted octanol–water partition coefficient (Wildman–Crippen LogP) is 2.98. The van der Waals surface area contributed by atoms with Crippen molar-refractivity contribution in [3.8, 4) is 11.5 Å². The highest BCUT2D eigenvalue weighted by atomic mass is 32.2. The Morgan fingerprint density at radius 3 is 2.42 bits per heavy atom. The van der Waals surface area contributed by atoms with E-state index in [-0.39, 0.29) is 6.04 Å². The van der Waals surface area contributed by atoms with Crippen molar-refractivity contribution in [3.63, 3.8) is 0 Å². The maximum atomic E-state index is 12.7. The highest BCUT2D eigenvalue weighted by molar-refractivity contribution is 7.89. The monoisotopic (exact) mass is 347 g/mol. The average molecular weight is 347 g/mol. The molecule has 0 radical (unpaired) electrons. The molecule has 24 heavy (non-hydrogen) atoms. The van der Waals surface area contributed by atoms with E-state index in [1.54, 1.807) is 39.3 Å². The van der Waals surface area contributed by atoms with Crippen LogP contribution in [0, 0.1) is 6.92 Å². The SMILES string of the molecule is COc1cc2c(cc1OC)C(NS(=O)(=O)c1ccccc1C)CC2. The van der Waals surface area contributed by atoms with Gasteiger partial charge < -0.3 is 9.47 Å². The van der Waals surface area contributed by atoms with Gasteiger partial charge in [-0.3, -0.25) is 0 Å². The Balaban J connectivity index is 1.93. The van der Waals surface area contributed by atoms with Gasteiger partial charge in [-0.1, -0.05) is 18.2 Å². The van der Waals surface area contributed by atoms with Crippen LogP contribution in [-0.2, 0) is 16.4 Å². The molecule has 6 heteroatoms. The molecule has 3 rings (SSSR count). The maximum Gasteiger partial charge on any atom is 0.241 e. The van der Waals surface area contributed by atoms with E-state index >= 15 is 0 Å². The lowest BCUT2D eigenvalue weighted by Gasteiger charge is -2.17. The Morgan fingerprint density at radius 2 is 1.75 bits per heavy atom. The molecule has 0 amide bonds. The minimum atomic E-state index is -3.57. The van der Waals surface area contributed by atoms with E-state index in [4.69, 9.17) is 9.47 Å². The molecule has 1 N–H and O–H groups in total. The van der Waals surface area contributed by atoms with Crippen molar-refractivity contribution in [2.75, 3.05) is 14.2 Å². The minimum absolute atomic E-state index is 0.260. The predicted molar refractivity (Wildman–Crippen MR) is 92.1 cm³/mol. The Morgan fingerprint density at radius 1 is 1.08 bits per heavy atom. The molecule has 1 unspecified atom stereocenters. The summed E-state index contributed by atoms with van der Waals surface area (Å²) in [6, 6.07) is 10.5. The summed E-state index contributed by atoms with van der Waals surface area (Å²) in [7, 11) is -0.404. The minimum Gasteiger partial charge on any atom is -0.493 e. The van der Waals surface area contributed by atoms with Gasteiger partial charge in [0.15, 0.2) is 11.5 Å². The second-order valence-corrected chi connectivity index (χ2v) is 7.57. The third kappa shape index (κ3) is 2.99. The molecule has 2 aromatic rings. The van der Waals surface area contributed by atoms with Crippen molar-refractivity contribution in [1.82, 2.24) is 4.72 Å². The van der Waals surface area contributed by atoms with Crippen molar-refractivity contribution in [3.05, 3.63) is 53.1 Å². The first-order valence-electron chi connectivity index (χ1n) is 7.79. The van der Waals surface area contributed by atoms with Crippen molar-refractivity contribution in [2.45, 2.75) is 30.7 Å². The van der Waals surface area contributed by atoms with Gasteiger partial charge >= 0.3 is 0 Å². The number of hydrogen-bond acceptors (Lipinski definition) is 4. The lowest BCUT2D eigenvalue weighted by atomic mass is 10.1. The fourth-order valence-electron chi connectivity index (χ4n) is 3.16. The number of ether oxygens (including phenoxy) is 2. The molecule has 0 spiro atoms. The molecule has 0 heterocycles. The summed E-state index contributed by atoms with van der Waals surface area (Å²) in [5.74, 6) is 1.27. The molecule has 1 atom stereocenters. The fourth-order valence-corrected chi connectivity index (χ4v) is 4.66. The van der Waals surface area contributed by atoms with Crippen LogP contribution in [0.25, 0.3) is 0 Å². The quantitative estimate of drug-likeness (QED) is 0.903. The van der Waals surface area contributed by atoms with E-state index < -0.39 is 10.0 Å². The molecule has 0 aliphatic heterocycles. The van der Waals surface area contributed by atoms with Crippen LogP contribution in [0.3, 0.4) is 0 Å². The highest BCUT2D eigenvalue weighted by Crippen LogP contribution is 2.39. The van der Waals surface area contributed by atoms with Crippen molar-refractivity contribution in [2.24, 2.45) is 0 Å². The number of sulfonamides is 1. The molecule has 0 saturated carbocycles. The zero-order chi connectivity index (χ0) is 17.3. The van der Waals surface area contributed by atoms with E-state index in [9.17, 15) is 8.42 Å². The smallest absolute Gasteiger partial charge is 0.241 e. The molecule has 2 aromatic carbocycles. The number of rotatable bonds is 5. The Hall–Kier alpha value is -2.05. The van der Waals surface area contributed by atoms with Crippen LogP contribution in [0.15, 0.2) is 41.3 Å². The number of methoxy groups -OCH3 is 2. The third-order valence-corrected chi connectivity index (χ3v) is 6.04. The van der Waals surface area contributed by atoms with Crippen LogP contribution < -0.4 is 14.2 Å². The molecule has 0 saturated heterocycles. The third-order valence-electron chi connectivity index (χ3n) is 4.40. The second kappa shape index (κ2) is 6.45. The van der Waals surface area contributed by atoms with E-state index in [1.165, 1.54) is 0 Å². The Bertz CT molecular complexity index is 861. The molecule has 1 aliphatic carbocycles. The van der Waals surface area contributed by atoms with Crippen LogP contribution >= 0.6 is 0 Å². The normalized spacial score (nSPS) is 16.7. The van der Waals surface area contributed by atoms with Gasteiger partial charge in [0.2, 0.25) is 10.0 Å². The Kier molecular flexibility index (Phi) is 4.51. The van der Waals surface area contributed by atoms with Crippen LogP contribution in [0.2, 0.25) is 0 Å². The first kappa shape index (κ1) is 16.8. The topological polar surface area (TPSA) is 64.6 Å².